The minimum absolute atomic E-state index is 0.0555. The predicted molar refractivity (Wildman–Crippen MR) is 85.4 cm³/mol. The number of nitrogens with one attached hydrogen (secondary N) is 2. The van der Waals surface area contributed by atoms with Crippen molar-refractivity contribution < 1.29 is 18.3 Å². The van der Waals surface area contributed by atoms with E-state index in [-0.39, 0.29) is 12.4 Å². The smallest absolute Gasteiger partial charge is 0.254 e. The molecule has 0 saturated heterocycles. The number of ether oxygens (including phenoxy) is 1. The number of amidine groups is 1. The summed E-state index contributed by atoms with van der Waals surface area (Å²) >= 11 is 0. The topological polar surface area (TPSA) is 88.2 Å². The van der Waals surface area contributed by atoms with Crippen molar-refractivity contribution in [3.63, 3.8) is 0 Å². The maximum absolute atomic E-state index is 13.8. The second-order valence-corrected chi connectivity index (χ2v) is 5.08. The number of carbonyl (C=O) groups excluding carboxylic acids is 1. The first-order chi connectivity index (χ1) is 11.4. The molecule has 2 aromatic carbocycles. The number of methoxy groups -OCH3 is 1. The lowest BCUT2D eigenvalue weighted by molar-refractivity contribution is -0.131. The fourth-order valence-corrected chi connectivity index (χ4v) is 2.20. The van der Waals surface area contributed by atoms with Gasteiger partial charge in [0.25, 0.3) is 5.91 Å². The Morgan fingerprint density at radius 3 is 2.29 bits per heavy atom. The number of carbonyl (C=O) groups is 1. The van der Waals surface area contributed by atoms with Crippen molar-refractivity contribution in [1.29, 1.82) is 5.41 Å². The predicted octanol–water partition coefficient (Wildman–Crippen LogP) is 2.25. The zero-order valence-corrected chi connectivity index (χ0v) is 13.0. The van der Waals surface area contributed by atoms with Crippen molar-refractivity contribution in [2.24, 2.45) is 5.73 Å². The molecule has 0 bridgehead atoms. The zero-order valence-electron chi connectivity index (χ0n) is 13.0. The molecule has 0 aliphatic carbocycles. The molecule has 24 heavy (non-hydrogen) atoms. The summed E-state index contributed by atoms with van der Waals surface area (Å²) in [6, 6.07) is 10.0. The number of nitrogen functional groups attached to an aromatic ring is 1. The Hall–Kier alpha value is -2.80. The van der Waals surface area contributed by atoms with Gasteiger partial charge in [0.1, 0.15) is 17.5 Å². The Morgan fingerprint density at radius 2 is 1.79 bits per heavy atom. The van der Waals surface area contributed by atoms with Gasteiger partial charge in [-0.2, -0.15) is 0 Å². The average molecular weight is 333 g/mol. The number of benzene rings is 2. The summed E-state index contributed by atoms with van der Waals surface area (Å²) in [7, 11) is 1.21. The Kier molecular flexibility index (Phi) is 5.59. The first-order valence-corrected chi connectivity index (χ1v) is 7.11. The van der Waals surface area contributed by atoms with Gasteiger partial charge in [0.2, 0.25) is 0 Å². The molecular formula is C17H17F2N3O2. The lowest BCUT2D eigenvalue weighted by Crippen LogP contribution is -2.31. The fraction of sp³-hybridized carbons (Fsp3) is 0.176. The summed E-state index contributed by atoms with van der Waals surface area (Å²) in [5, 5.41) is 9.88. The van der Waals surface area contributed by atoms with Crippen LogP contribution in [-0.2, 0) is 16.1 Å². The lowest BCUT2D eigenvalue weighted by atomic mass is 10.1. The monoisotopic (exact) mass is 333 g/mol. The highest BCUT2D eigenvalue weighted by atomic mass is 19.1. The molecule has 1 atom stereocenters. The number of halogens is 2. The molecule has 0 fully saturated rings. The minimum Gasteiger partial charge on any atom is -0.384 e. The highest BCUT2D eigenvalue weighted by molar-refractivity contribution is 5.94. The quantitative estimate of drug-likeness (QED) is 0.560. The van der Waals surface area contributed by atoms with Crippen LogP contribution in [0.4, 0.5) is 8.78 Å². The van der Waals surface area contributed by atoms with Gasteiger partial charge in [0.15, 0.2) is 6.10 Å². The minimum atomic E-state index is -1.39. The normalized spacial score (nSPS) is 11.8. The van der Waals surface area contributed by atoms with Gasteiger partial charge in [-0.3, -0.25) is 10.2 Å². The van der Waals surface area contributed by atoms with Gasteiger partial charge in [0.05, 0.1) is 5.56 Å². The van der Waals surface area contributed by atoms with E-state index in [0.717, 1.165) is 17.7 Å². The second kappa shape index (κ2) is 7.65. The summed E-state index contributed by atoms with van der Waals surface area (Å²) in [5.74, 6) is -2.40. The Morgan fingerprint density at radius 1 is 1.21 bits per heavy atom. The molecule has 0 saturated carbocycles. The molecule has 0 aliphatic rings. The van der Waals surface area contributed by atoms with E-state index in [0.29, 0.717) is 5.56 Å². The van der Waals surface area contributed by atoms with Gasteiger partial charge in [-0.05, 0) is 17.7 Å². The molecule has 0 radical (unpaired) electrons. The van der Waals surface area contributed by atoms with Crippen LogP contribution in [0.2, 0.25) is 0 Å². The van der Waals surface area contributed by atoms with Gasteiger partial charge in [-0.1, -0.05) is 30.3 Å². The van der Waals surface area contributed by atoms with Gasteiger partial charge in [-0.25, -0.2) is 8.78 Å². The Balaban J connectivity index is 2.08. The second-order valence-electron chi connectivity index (χ2n) is 5.08. The first kappa shape index (κ1) is 17.6. The van der Waals surface area contributed by atoms with Crippen LogP contribution in [0.5, 0.6) is 0 Å². The molecule has 0 aliphatic heterocycles. The number of hydrogen-bond acceptors (Lipinski definition) is 3. The van der Waals surface area contributed by atoms with Crippen molar-refractivity contribution in [3.05, 3.63) is 70.8 Å². The Bertz CT molecular complexity index is 728. The van der Waals surface area contributed by atoms with Gasteiger partial charge >= 0.3 is 0 Å². The molecule has 126 valence electrons. The first-order valence-electron chi connectivity index (χ1n) is 7.11. The molecule has 0 heterocycles. The third-order valence-electron chi connectivity index (χ3n) is 3.47. The molecule has 2 rings (SSSR count). The van der Waals surface area contributed by atoms with Crippen LogP contribution in [0.15, 0.2) is 42.5 Å². The van der Waals surface area contributed by atoms with Gasteiger partial charge in [-0.15, -0.1) is 0 Å². The Labute approximate surface area is 137 Å². The van der Waals surface area contributed by atoms with E-state index in [1.807, 2.05) is 0 Å². The van der Waals surface area contributed by atoms with Crippen LogP contribution in [0.3, 0.4) is 0 Å². The number of nitrogens with two attached hydrogens (primary N) is 1. The van der Waals surface area contributed by atoms with Crippen LogP contribution in [-0.4, -0.2) is 18.9 Å². The molecule has 4 N–H and O–H groups in total. The number of rotatable bonds is 6. The number of amides is 1. The van der Waals surface area contributed by atoms with Crippen molar-refractivity contribution in [3.8, 4) is 0 Å². The van der Waals surface area contributed by atoms with Crippen molar-refractivity contribution >= 4 is 11.7 Å². The van der Waals surface area contributed by atoms with Crippen molar-refractivity contribution in [1.82, 2.24) is 5.32 Å². The maximum Gasteiger partial charge on any atom is 0.254 e. The van der Waals surface area contributed by atoms with Crippen molar-refractivity contribution in [2.75, 3.05) is 7.11 Å². The highest BCUT2D eigenvalue weighted by Gasteiger charge is 2.26. The van der Waals surface area contributed by atoms with Crippen LogP contribution in [0, 0.1) is 17.0 Å². The molecular weight excluding hydrogens is 316 g/mol. The van der Waals surface area contributed by atoms with Crippen molar-refractivity contribution in [2.45, 2.75) is 12.6 Å². The SMILES string of the molecule is CO[C@H](C(=O)NCc1ccc(C(=N)N)cc1)c1c(F)cccc1F. The van der Waals surface area contributed by atoms with E-state index < -0.39 is 29.2 Å². The lowest BCUT2D eigenvalue weighted by Gasteiger charge is -2.17. The van der Waals surface area contributed by atoms with E-state index in [9.17, 15) is 13.6 Å². The van der Waals surface area contributed by atoms with Crippen LogP contribution in [0.1, 0.15) is 22.8 Å². The third-order valence-corrected chi connectivity index (χ3v) is 3.47. The summed E-state index contributed by atoms with van der Waals surface area (Å²) in [6.07, 6.45) is -1.39. The molecule has 0 aromatic heterocycles. The van der Waals surface area contributed by atoms with E-state index in [1.54, 1.807) is 24.3 Å². The van der Waals surface area contributed by atoms with E-state index in [4.69, 9.17) is 15.9 Å². The fourth-order valence-electron chi connectivity index (χ4n) is 2.20. The molecule has 2 aromatic rings. The molecule has 1 amide bonds. The largest absolute Gasteiger partial charge is 0.384 e. The summed E-state index contributed by atoms with van der Waals surface area (Å²) in [5.41, 5.74) is 6.25. The van der Waals surface area contributed by atoms with E-state index in [2.05, 4.69) is 5.32 Å². The highest BCUT2D eigenvalue weighted by Crippen LogP contribution is 2.23. The molecule has 7 heteroatoms. The summed E-state index contributed by atoms with van der Waals surface area (Å²) in [6.45, 7) is 0.146. The van der Waals surface area contributed by atoms with Gasteiger partial charge < -0.3 is 15.8 Å². The van der Waals surface area contributed by atoms with Crippen LogP contribution in [0.25, 0.3) is 0 Å². The standard InChI is InChI=1S/C17H17F2N3O2/c1-24-15(14-12(18)3-2-4-13(14)19)17(23)22-9-10-5-7-11(8-6-10)16(20)21/h2-8,15H,9H2,1H3,(H3,20,21)(H,22,23)/t15-/m0/s1. The van der Waals surface area contributed by atoms with Crippen LogP contribution < -0.4 is 11.1 Å². The van der Waals surface area contributed by atoms with E-state index in [1.165, 1.54) is 13.2 Å². The molecule has 0 unspecified atom stereocenters. The third kappa shape index (κ3) is 3.94. The molecule has 0 spiro atoms. The van der Waals surface area contributed by atoms with E-state index >= 15 is 0 Å². The average Bonchev–Trinajstić information content (AvgIpc) is 2.56. The maximum atomic E-state index is 13.8. The van der Waals surface area contributed by atoms with Gasteiger partial charge in [0, 0.05) is 19.2 Å². The zero-order chi connectivity index (χ0) is 17.7. The summed E-state index contributed by atoms with van der Waals surface area (Å²) in [4.78, 5) is 12.2. The van der Waals surface area contributed by atoms with Crippen LogP contribution >= 0.6 is 0 Å². The molecule has 5 nitrogen and oxygen atoms in total. The summed E-state index contributed by atoms with van der Waals surface area (Å²) < 4.78 is 32.6. The number of hydrogen-bond donors (Lipinski definition) is 3.